The SMILES string of the molecule is CC1C#CC(C=O)=CC1. The fraction of sp³-hybridized carbons (Fsp3) is 0.375. The van der Waals surface area contributed by atoms with Crippen molar-refractivity contribution in [2.75, 3.05) is 0 Å². The third kappa shape index (κ3) is 1.43. The molecule has 0 saturated heterocycles. The van der Waals surface area contributed by atoms with E-state index in [1.54, 1.807) is 0 Å². The van der Waals surface area contributed by atoms with Gasteiger partial charge in [-0.25, -0.2) is 0 Å². The van der Waals surface area contributed by atoms with Gasteiger partial charge in [0.15, 0.2) is 6.29 Å². The van der Waals surface area contributed by atoms with Crippen molar-refractivity contribution in [2.24, 2.45) is 5.92 Å². The highest BCUT2D eigenvalue weighted by molar-refractivity contribution is 5.80. The Hall–Kier alpha value is -1.03. The van der Waals surface area contributed by atoms with E-state index in [2.05, 4.69) is 11.8 Å². The Morgan fingerprint density at radius 3 is 3.11 bits per heavy atom. The van der Waals surface area contributed by atoms with Crippen LogP contribution in [-0.2, 0) is 4.79 Å². The van der Waals surface area contributed by atoms with Gasteiger partial charge in [-0.1, -0.05) is 24.8 Å². The van der Waals surface area contributed by atoms with Crippen LogP contribution >= 0.6 is 0 Å². The number of allylic oxidation sites excluding steroid dienone is 2. The fourth-order valence-corrected chi connectivity index (χ4v) is 0.698. The number of aldehydes is 1. The summed E-state index contributed by atoms with van der Waals surface area (Å²) in [5.41, 5.74) is 0.633. The van der Waals surface area contributed by atoms with Gasteiger partial charge in [-0.05, 0) is 6.42 Å². The van der Waals surface area contributed by atoms with E-state index in [-0.39, 0.29) is 0 Å². The monoisotopic (exact) mass is 120 g/mol. The van der Waals surface area contributed by atoms with Gasteiger partial charge in [-0.3, -0.25) is 4.79 Å². The van der Waals surface area contributed by atoms with Gasteiger partial charge in [-0.15, -0.1) is 0 Å². The second-order valence-corrected chi connectivity index (χ2v) is 2.18. The molecular weight excluding hydrogens is 112 g/mol. The zero-order valence-corrected chi connectivity index (χ0v) is 5.35. The van der Waals surface area contributed by atoms with E-state index in [1.165, 1.54) is 0 Å². The summed E-state index contributed by atoms with van der Waals surface area (Å²) in [5.74, 6) is 6.12. The smallest absolute Gasteiger partial charge is 0.158 e. The average Bonchev–Trinajstić information content (AvgIpc) is 1.90. The Morgan fingerprint density at radius 1 is 1.89 bits per heavy atom. The molecule has 0 N–H and O–H groups in total. The summed E-state index contributed by atoms with van der Waals surface area (Å²) in [7, 11) is 0. The zero-order valence-electron chi connectivity index (χ0n) is 5.35. The lowest BCUT2D eigenvalue weighted by Crippen LogP contribution is -1.94. The van der Waals surface area contributed by atoms with E-state index in [4.69, 9.17) is 0 Å². The molecule has 0 aromatic rings. The Kier molecular flexibility index (Phi) is 1.69. The van der Waals surface area contributed by atoms with Gasteiger partial charge in [0.05, 0.1) is 5.57 Å². The molecule has 0 aromatic carbocycles. The van der Waals surface area contributed by atoms with Crippen LogP contribution in [0, 0.1) is 17.8 Å². The minimum Gasteiger partial charge on any atom is -0.297 e. The molecule has 0 spiro atoms. The van der Waals surface area contributed by atoms with Crippen LogP contribution in [0.4, 0.5) is 0 Å². The van der Waals surface area contributed by atoms with Crippen LogP contribution in [0.1, 0.15) is 13.3 Å². The summed E-state index contributed by atoms with van der Waals surface area (Å²) in [6, 6.07) is 0. The van der Waals surface area contributed by atoms with Crippen LogP contribution in [-0.4, -0.2) is 6.29 Å². The van der Waals surface area contributed by atoms with Crippen molar-refractivity contribution in [3.63, 3.8) is 0 Å². The molecule has 0 amide bonds. The quantitative estimate of drug-likeness (QED) is 0.375. The highest BCUT2D eigenvalue weighted by atomic mass is 16.1. The molecule has 1 aliphatic rings. The average molecular weight is 120 g/mol. The number of hydrogen-bond acceptors (Lipinski definition) is 1. The van der Waals surface area contributed by atoms with Crippen molar-refractivity contribution in [1.82, 2.24) is 0 Å². The molecule has 1 aliphatic carbocycles. The molecule has 1 atom stereocenters. The molecule has 0 radical (unpaired) electrons. The number of rotatable bonds is 1. The minimum atomic E-state index is 0.425. The molecule has 0 aromatic heterocycles. The Bertz CT molecular complexity index is 202. The van der Waals surface area contributed by atoms with Crippen molar-refractivity contribution in [3.05, 3.63) is 11.6 Å². The molecule has 1 heteroatoms. The van der Waals surface area contributed by atoms with Crippen LogP contribution < -0.4 is 0 Å². The maximum Gasteiger partial charge on any atom is 0.158 e. The lowest BCUT2D eigenvalue weighted by molar-refractivity contribution is -0.104. The molecule has 0 aliphatic heterocycles. The van der Waals surface area contributed by atoms with E-state index < -0.39 is 0 Å². The summed E-state index contributed by atoms with van der Waals surface area (Å²) in [4.78, 5) is 10.1. The first-order valence-corrected chi connectivity index (χ1v) is 3.00. The van der Waals surface area contributed by atoms with Gasteiger partial charge in [0.25, 0.3) is 0 Å². The van der Waals surface area contributed by atoms with Crippen LogP contribution in [0.25, 0.3) is 0 Å². The van der Waals surface area contributed by atoms with Crippen molar-refractivity contribution in [3.8, 4) is 11.8 Å². The third-order valence-corrected chi connectivity index (χ3v) is 1.28. The highest BCUT2D eigenvalue weighted by Crippen LogP contribution is 2.07. The first-order valence-electron chi connectivity index (χ1n) is 3.00. The first-order chi connectivity index (χ1) is 4.33. The molecule has 1 nitrogen and oxygen atoms in total. The summed E-state index contributed by atoms with van der Waals surface area (Å²) in [6.07, 6.45) is 3.61. The maximum atomic E-state index is 10.1. The lowest BCUT2D eigenvalue weighted by atomic mass is 10.0. The Balaban J connectivity index is 2.72. The first kappa shape index (κ1) is 6.10. The number of hydrogen-bond donors (Lipinski definition) is 0. The summed E-state index contributed by atoms with van der Waals surface area (Å²) in [5, 5.41) is 0. The van der Waals surface area contributed by atoms with Crippen molar-refractivity contribution < 1.29 is 4.79 Å². The fourth-order valence-electron chi connectivity index (χ4n) is 0.698. The second-order valence-electron chi connectivity index (χ2n) is 2.18. The summed E-state index contributed by atoms with van der Waals surface area (Å²) >= 11 is 0. The van der Waals surface area contributed by atoms with Crippen molar-refractivity contribution >= 4 is 6.29 Å². The maximum absolute atomic E-state index is 10.1. The lowest BCUT2D eigenvalue weighted by Gasteiger charge is -2.01. The van der Waals surface area contributed by atoms with Gasteiger partial charge in [0, 0.05) is 5.92 Å². The molecule has 9 heavy (non-hydrogen) atoms. The molecule has 0 bridgehead atoms. The van der Waals surface area contributed by atoms with E-state index in [0.717, 1.165) is 12.7 Å². The van der Waals surface area contributed by atoms with Gasteiger partial charge in [0.1, 0.15) is 0 Å². The van der Waals surface area contributed by atoms with E-state index in [0.29, 0.717) is 11.5 Å². The second kappa shape index (κ2) is 2.50. The standard InChI is InChI=1S/C8H8O/c1-7-2-4-8(6-9)5-3-7/h4,6-7H,2H2,1H3. The predicted octanol–water partition coefficient (Wildman–Crippen LogP) is 1.15. The molecule has 0 saturated carbocycles. The Morgan fingerprint density at radius 2 is 2.67 bits per heavy atom. The van der Waals surface area contributed by atoms with E-state index in [9.17, 15) is 4.79 Å². The molecular formula is C8H8O. The van der Waals surface area contributed by atoms with Gasteiger partial charge in [-0.2, -0.15) is 0 Å². The third-order valence-electron chi connectivity index (χ3n) is 1.28. The molecule has 1 unspecified atom stereocenters. The van der Waals surface area contributed by atoms with Crippen molar-refractivity contribution in [1.29, 1.82) is 0 Å². The number of carbonyl (C=O) groups excluding carboxylic acids is 1. The molecule has 46 valence electrons. The minimum absolute atomic E-state index is 0.425. The topological polar surface area (TPSA) is 17.1 Å². The largest absolute Gasteiger partial charge is 0.297 e. The molecule has 0 heterocycles. The summed E-state index contributed by atoms with van der Waals surface area (Å²) in [6.45, 7) is 2.05. The van der Waals surface area contributed by atoms with Gasteiger partial charge < -0.3 is 0 Å². The summed E-state index contributed by atoms with van der Waals surface area (Å²) < 4.78 is 0. The molecule has 0 fully saturated rings. The highest BCUT2D eigenvalue weighted by Gasteiger charge is 1.99. The van der Waals surface area contributed by atoms with Crippen LogP contribution in [0.5, 0.6) is 0 Å². The zero-order chi connectivity index (χ0) is 6.69. The van der Waals surface area contributed by atoms with Crippen LogP contribution in [0.2, 0.25) is 0 Å². The normalized spacial score (nSPS) is 23.7. The van der Waals surface area contributed by atoms with Crippen LogP contribution in [0.15, 0.2) is 11.6 Å². The predicted molar refractivity (Wildman–Crippen MR) is 35.7 cm³/mol. The Labute approximate surface area is 54.8 Å². The van der Waals surface area contributed by atoms with Crippen LogP contribution in [0.3, 0.4) is 0 Å². The van der Waals surface area contributed by atoms with E-state index in [1.807, 2.05) is 13.0 Å². The number of carbonyl (C=O) groups is 1. The van der Waals surface area contributed by atoms with Gasteiger partial charge in [0.2, 0.25) is 0 Å². The van der Waals surface area contributed by atoms with E-state index >= 15 is 0 Å². The van der Waals surface area contributed by atoms with Crippen molar-refractivity contribution in [2.45, 2.75) is 13.3 Å². The van der Waals surface area contributed by atoms with Gasteiger partial charge >= 0.3 is 0 Å². The molecule has 1 rings (SSSR count).